The van der Waals surface area contributed by atoms with Gasteiger partial charge in [-0.3, -0.25) is 4.79 Å². The molecule has 0 unspecified atom stereocenters. The molecule has 0 radical (unpaired) electrons. The summed E-state index contributed by atoms with van der Waals surface area (Å²) in [6, 6.07) is 5.00. The maximum Gasteiger partial charge on any atom is 0.315 e. The molecule has 1 saturated heterocycles. The van der Waals surface area contributed by atoms with Crippen LogP contribution in [-0.2, 0) is 9.53 Å². The molecule has 0 spiro atoms. The standard InChI is InChI=1S/C15H20FN3O3/c1-10(9-22-2)17-15(21)18-12-7-14(20)19(8-12)13-5-3-11(16)4-6-13/h3-6,10,12H,7-9H2,1-2H3,(H2,17,18,21)/t10-,12-/m1/s1. The van der Waals surface area contributed by atoms with Gasteiger partial charge in [0, 0.05) is 25.8 Å². The number of methoxy groups -OCH3 is 1. The Labute approximate surface area is 128 Å². The van der Waals surface area contributed by atoms with Crippen LogP contribution in [0.3, 0.4) is 0 Å². The Morgan fingerprint density at radius 2 is 2.14 bits per heavy atom. The summed E-state index contributed by atoms with van der Waals surface area (Å²) in [6.45, 7) is 2.61. The molecule has 7 heteroatoms. The number of anilines is 1. The third-order valence-electron chi connectivity index (χ3n) is 3.39. The SMILES string of the molecule is COC[C@@H](C)NC(=O)N[C@@H]1CC(=O)N(c2ccc(F)cc2)C1. The van der Waals surface area contributed by atoms with Crippen LogP contribution in [0.15, 0.2) is 24.3 Å². The number of nitrogens with zero attached hydrogens (tertiary/aromatic N) is 1. The van der Waals surface area contributed by atoms with Gasteiger partial charge in [0.2, 0.25) is 5.91 Å². The normalized spacial score (nSPS) is 19.1. The Kier molecular flexibility index (Phi) is 5.32. The second-order valence-corrected chi connectivity index (χ2v) is 5.36. The highest BCUT2D eigenvalue weighted by Gasteiger charge is 2.31. The lowest BCUT2D eigenvalue weighted by Crippen LogP contribution is -2.47. The zero-order chi connectivity index (χ0) is 16.1. The highest BCUT2D eigenvalue weighted by Crippen LogP contribution is 2.21. The molecule has 3 amide bonds. The van der Waals surface area contributed by atoms with Gasteiger partial charge in [-0.1, -0.05) is 0 Å². The summed E-state index contributed by atoms with van der Waals surface area (Å²) in [5.41, 5.74) is 0.629. The molecule has 0 saturated carbocycles. The largest absolute Gasteiger partial charge is 0.383 e. The van der Waals surface area contributed by atoms with E-state index in [2.05, 4.69) is 10.6 Å². The number of halogens is 1. The van der Waals surface area contributed by atoms with E-state index < -0.39 is 0 Å². The van der Waals surface area contributed by atoms with Crippen molar-refractivity contribution >= 4 is 17.6 Å². The van der Waals surface area contributed by atoms with Crippen LogP contribution in [0, 0.1) is 5.82 Å². The van der Waals surface area contributed by atoms with Gasteiger partial charge >= 0.3 is 6.03 Å². The fourth-order valence-electron chi connectivity index (χ4n) is 2.42. The summed E-state index contributed by atoms with van der Waals surface area (Å²) < 4.78 is 17.9. The maximum absolute atomic E-state index is 12.9. The van der Waals surface area contributed by atoms with E-state index in [9.17, 15) is 14.0 Å². The van der Waals surface area contributed by atoms with Crippen LogP contribution < -0.4 is 15.5 Å². The van der Waals surface area contributed by atoms with Crippen molar-refractivity contribution < 1.29 is 18.7 Å². The fourth-order valence-corrected chi connectivity index (χ4v) is 2.42. The van der Waals surface area contributed by atoms with Gasteiger partial charge in [0.15, 0.2) is 0 Å². The Morgan fingerprint density at radius 3 is 2.77 bits per heavy atom. The minimum atomic E-state index is -0.350. The number of benzene rings is 1. The molecule has 1 aliphatic rings. The second kappa shape index (κ2) is 7.22. The lowest BCUT2D eigenvalue weighted by molar-refractivity contribution is -0.117. The van der Waals surface area contributed by atoms with Crippen molar-refractivity contribution in [1.29, 1.82) is 0 Å². The van der Waals surface area contributed by atoms with Gasteiger partial charge in [0.1, 0.15) is 5.82 Å². The molecule has 2 atom stereocenters. The first kappa shape index (κ1) is 16.2. The molecule has 1 fully saturated rings. The zero-order valence-corrected chi connectivity index (χ0v) is 12.6. The molecule has 1 aromatic carbocycles. The summed E-state index contributed by atoms with van der Waals surface area (Å²) in [5, 5.41) is 5.50. The summed E-state index contributed by atoms with van der Waals surface area (Å²) in [5.74, 6) is -0.446. The smallest absolute Gasteiger partial charge is 0.315 e. The predicted molar refractivity (Wildman–Crippen MR) is 80.2 cm³/mol. The molecule has 120 valence electrons. The number of rotatable bonds is 5. The topological polar surface area (TPSA) is 70.7 Å². The Morgan fingerprint density at radius 1 is 1.45 bits per heavy atom. The lowest BCUT2D eigenvalue weighted by atomic mass is 10.2. The molecule has 1 aromatic rings. The first-order valence-corrected chi connectivity index (χ1v) is 7.11. The molecule has 0 aromatic heterocycles. The quantitative estimate of drug-likeness (QED) is 0.860. The van der Waals surface area contributed by atoms with Crippen LogP contribution in [0.2, 0.25) is 0 Å². The molecule has 22 heavy (non-hydrogen) atoms. The number of ether oxygens (including phenoxy) is 1. The van der Waals surface area contributed by atoms with Gasteiger partial charge in [-0.05, 0) is 31.2 Å². The average molecular weight is 309 g/mol. The Hall–Kier alpha value is -2.15. The van der Waals surface area contributed by atoms with Crippen LogP contribution in [0.5, 0.6) is 0 Å². The molecule has 0 bridgehead atoms. The van der Waals surface area contributed by atoms with E-state index in [1.54, 1.807) is 24.1 Å². The van der Waals surface area contributed by atoms with Gasteiger partial charge in [0.05, 0.1) is 18.7 Å². The van der Waals surface area contributed by atoms with Crippen molar-refractivity contribution in [2.45, 2.75) is 25.4 Å². The molecule has 0 aliphatic carbocycles. The van der Waals surface area contributed by atoms with Crippen molar-refractivity contribution in [2.24, 2.45) is 0 Å². The lowest BCUT2D eigenvalue weighted by Gasteiger charge is -2.18. The molecular weight excluding hydrogens is 289 g/mol. The summed E-state index contributed by atoms with van der Waals surface area (Å²) in [7, 11) is 1.56. The minimum Gasteiger partial charge on any atom is -0.383 e. The molecule has 2 rings (SSSR count). The number of hydrogen-bond acceptors (Lipinski definition) is 3. The van der Waals surface area contributed by atoms with E-state index in [0.717, 1.165) is 0 Å². The third kappa shape index (κ3) is 4.17. The van der Waals surface area contributed by atoms with E-state index in [1.165, 1.54) is 12.1 Å². The van der Waals surface area contributed by atoms with Gasteiger partial charge in [0.25, 0.3) is 0 Å². The van der Waals surface area contributed by atoms with E-state index in [1.807, 2.05) is 6.92 Å². The first-order valence-electron chi connectivity index (χ1n) is 7.11. The molecule has 1 aliphatic heterocycles. The van der Waals surface area contributed by atoms with Crippen molar-refractivity contribution in [3.8, 4) is 0 Å². The monoisotopic (exact) mass is 309 g/mol. The van der Waals surface area contributed by atoms with Crippen LogP contribution >= 0.6 is 0 Å². The van der Waals surface area contributed by atoms with E-state index in [-0.39, 0.29) is 36.3 Å². The van der Waals surface area contributed by atoms with Crippen molar-refractivity contribution in [3.63, 3.8) is 0 Å². The zero-order valence-electron chi connectivity index (χ0n) is 12.6. The highest BCUT2D eigenvalue weighted by atomic mass is 19.1. The summed E-state index contributed by atoms with van der Waals surface area (Å²) in [6.07, 6.45) is 0.226. The van der Waals surface area contributed by atoms with Gasteiger partial charge in [-0.2, -0.15) is 0 Å². The second-order valence-electron chi connectivity index (χ2n) is 5.36. The Bertz CT molecular complexity index is 535. The molecule has 2 N–H and O–H groups in total. The molecular formula is C15H20FN3O3. The fraction of sp³-hybridized carbons (Fsp3) is 0.467. The number of amides is 3. The van der Waals surface area contributed by atoms with Crippen LogP contribution in [0.1, 0.15) is 13.3 Å². The number of carbonyl (C=O) groups is 2. The van der Waals surface area contributed by atoms with E-state index in [0.29, 0.717) is 18.8 Å². The van der Waals surface area contributed by atoms with Gasteiger partial charge in [-0.25, -0.2) is 9.18 Å². The van der Waals surface area contributed by atoms with E-state index >= 15 is 0 Å². The number of urea groups is 1. The van der Waals surface area contributed by atoms with Crippen LogP contribution in [-0.4, -0.2) is 44.3 Å². The minimum absolute atomic E-state index is 0.0955. The predicted octanol–water partition coefficient (Wildman–Crippen LogP) is 1.27. The van der Waals surface area contributed by atoms with Crippen LogP contribution in [0.4, 0.5) is 14.9 Å². The van der Waals surface area contributed by atoms with Gasteiger partial charge < -0.3 is 20.3 Å². The van der Waals surface area contributed by atoms with Gasteiger partial charge in [-0.15, -0.1) is 0 Å². The van der Waals surface area contributed by atoms with Crippen molar-refractivity contribution in [2.75, 3.05) is 25.2 Å². The first-order chi connectivity index (χ1) is 10.5. The summed E-state index contributed by atoms with van der Waals surface area (Å²) >= 11 is 0. The van der Waals surface area contributed by atoms with Crippen molar-refractivity contribution in [3.05, 3.63) is 30.1 Å². The number of carbonyl (C=O) groups excluding carboxylic acids is 2. The Balaban J connectivity index is 1.89. The van der Waals surface area contributed by atoms with Crippen molar-refractivity contribution in [1.82, 2.24) is 10.6 Å². The number of nitrogens with one attached hydrogen (secondary N) is 2. The molecule has 1 heterocycles. The third-order valence-corrected chi connectivity index (χ3v) is 3.39. The van der Waals surface area contributed by atoms with E-state index in [4.69, 9.17) is 4.74 Å². The average Bonchev–Trinajstić information content (AvgIpc) is 2.80. The maximum atomic E-state index is 12.9. The highest BCUT2D eigenvalue weighted by molar-refractivity contribution is 5.96. The number of hydrogen-bond donors (Lipinski definition) is 2. The molecule has 6 nitrogen and oxygen atoms in total. The summed E-state index contributed by atoms with van der Waals surface area (Å²) in [4.78, 5) is 25.4. The van der Waals surface area contributed by atoms with Crippen LogP contribution in [0.25, 0.3) is 0 Å².